The van der Waals surface area contributed by atoms with Gasteiger partial charge in [-0.3, -0.25) is 4.79 Å². The molecule has 12 heavy (non-hydrogen) atoms. The zero-order valence-corrected chi connectivity index (χ0v) is 6.45. The Labute approximate surface area is 69.8 Å². The smallest absolute Gasteiger partial charge is 0.165 e. The van der Waals surface area contributed by atoms with E-state index in [1.54, 1.807) is 12.1 Å². The number of fused-ring (bicyclic) bond motifs is 1. The zero-order valence-electron chi connectivity index (χ0n) is 6.45. The maximum atomic E-state index is 11.2. The van der Waals surface area contributed by atoms with E-state index in [9.17, 15) is 4.79 Å². The molecule has 1 aliphatic carbocycles. The highest BCUT2D eigenvalue weighted by Crippen LogP contribution is 2.31. The predicted molar refractivity (Wildman–Crippen MR) is 44.0 cm³/mol. The van der Waals surface area contributed by atoms with Gasteiger partial charge in [0.05, 0.1) is 0 Å². The first-order chi connectivity index (χ1) is 5.68. The summed E-state index contributed by atoms with van der Waals surface area (Å²) in [6, 6.07) is 4.46. The maximum absolute atomic E-state index is 11.2. The second kappa shape index (κ2) is 2.32. The molecule has 0 aromatic heterocycles. The first-order valence-electron chi connectivity index (χ1n) is 3.80. The molecule has 0 heterocycles. The lowest BCUT2D eigenvalue weighted by Gasteiger charge is -2.02. The molecule has 0 bridgehead atoms. The van der Waals surface area contributed by atoms with Gasteiger partial charge in [0.2, 0.25) is 0 Å². The van der Waals surface area contributed by atoms with Gasteiger partial charge in [-0.25, -0.2) is 0 Å². The topological polar surface area (TPSA) is 63.3 Å². The second-order valence-electron chi connectivity index (χ2n) is 3.01. The van der Waals surface area contributed by atoms with Crippen LogP contribution in [0.25, 0.3) is 0 Å². The van der Waals surface area contributed by atoms with Crippen LogP contribution in [-0.4, -0.2) is 10.9 Å². The van der Waals surface area contributed by atoms with Crippen molar-refractivity contribution in [3.8, 4) is 5.75 Å². The number of ketones is 1. The van der Waals surface area contributed by atoms with Gasteiger partial charge < -0.3 is 10.8 Å². The lowest BCUT2D eigenvalue weighted by molar-refractivity contribution is 0.0989. The van der Waals surface area contributed by atoms with Gasteiger partial charge in [0.25, 0.3) is 0 Å². The summed E-state index contributed by atoms with van der Waals surface area (Å²) in [5, 5.41) is 9.13. The summed E-state index contributed by atoms with van der Waals surface area (Å²) in [5.74, 6) is 0.233. The van der Waals surface area contributed by atoms with E-state index in [1.807, 2.05) is 0 Å². The van der Waals surface area contributed by atoms with Crippen LogP contribution in [-0.2, 0) is 0 Å². The summed E-state index contributed by atoms with van der Waals surface area (Å²) in [6.45, 7) is 0. The van der Waals surface area contributed by atoms with Gasteiger partial charge in [0.15, 0.2) is 5.78 Å². The summed E-state index contributed by atoms with van der Waals surface area (Å²) in [6.07, 6.45) is 0.360. The molecule has 1 aliphatic rings. The lowest BCUT2D eigenvalue weighted by Crippen LogP contribution is -2.05. The Balaban J connectivity index is 2.60. The van der Waals surface area contributed by atoms with Gasteiger partial charge in [-0.2, -0.15) is 0 Å². The van der Waals surface area contributed by atoms with Crippen LogP contribution in [0.4, 0.5) is 0 Å². The molecule has 0 saturated carbocycles. The molecule has 62 valence electrons. The number of benzene rings is 1. The van der Waals surface area contributed by atoms with Gasteiger partial charge in [-0.05, 0) is 23.8 Å². The van der Waals surface area contributed by atoms with Crippen molar-refractivity contribution in [2.24, 2.45) is 5.73 Å². The monoisotopic (exact) mass is 163 g/mol. The SMILES string of the molecule is N[C@@H]1CC(=O)c2ccc(O)cc21. The van der Waals surface area contributed by atoms with Crippen molar-refractivity contribution < 1.29 is 9.90 Å². The molecule has 0 radical (unpaired) electrons. The standard InChI is InChI=1S/C9H9NO2/c10-8-4-9(12)6-2-1-5(11)3-7(6)8/h1-3,8,11H,4,10H2/t8-/m1/s1. The van der Waals surface area contributed by atoms with Crippen molar-refractivity contribution in [1.29, 1.82) is 0 Å². The van der Waals surface area contributed by atoms with Crippen molar-refractivity contribution in [3.05, 3.63) is 29.3 Å². The average Bonchev–Trinajstić information content (AvgIpc) is 2.28. The van der Waals surface area contributed by atoms with Crippen LogP contribution in [0.15, 0.2) is 18.2 Å². The molecular weight excluding hydrogens is 154 g/mol. The van der Waals surface area contributed by atoms with E-state index in [1.165, 1.54) is 6.07 Å². The number of phenols is 1. The number of rotatable bonds is 0. The van der Waals surface area contributed by atoms with Crippen molar-refractivity contribution in [2.75, 3.05) is 0 Å². The molecule has 1 atom stereocenters. The Bertz CT molecular complexity index is 346. The number of Topliss-reactive ketones (excluding diaryl/α,β-unsaturated/α-hetero) is 1. The molecule has 3 nitrogen and oxygen atoms in total. The molecule has 0 amide bonds. The summed E-state index contributed by atoms with van der Waals surface area (Å²) >= 11 is 0. The highest BCUT2D eigenvalue weighted by Gasteiger charge is 2.26. The van der Waals surface area contributed by atoms with E-state index >= 15 is 0 Å². The van der Waals surface area contributed by atoms with Crippen LogP contribution < -0.4 is 5.73 Å². The molecule has 1 aromatic carbocycles. The van der Waals surface area contributed by atoms with Gasteiger partial charge >= 0.3 is 0 Å². The Morgan fingerprint density at radius 3 is 3.00 bits per heavy atom. The minimum Gasteiger partial charge on any atom is -0.508 e. The third kappa shape index (κ3) is 0.905. The van der Waals surface area contributed by atoms with Gasteiger partial charge in [0, 0.05) is 18.0 Å². The van der Waals surface area contributed by atoms with E-state index < -0.39 is 0 Å². The van der Waals surface area contributed by atoms with Crippen molar-refractivity contribution in [3.63, 3.8) is 0 Å². The van der Waals surface area contributed by atoms with E-state index in [4.69, 9.17) is 10.8 Å². The summed E-state index contributed by atoms with van der Waals surface area (Å²) in [7, 11) is 0. The maximum Gasteiger partial charge on any atom is 0.165 e. The van der Waals surface area contributed by atoms with Crippen LogP contribution in [0.3, 0.4) is 0 Å². The van der Waals surface area contributed by atoms with Gasteiger partial charge in [-0.15, -0.1) is 0 Å². The van der Waals surface area contributed by atoms with Gasteiger partial charge in [0.1, 0.15) is 5.75 Å². The Hall–Kier alpha value is -1.35. The van der Waals surface area contributed by atoms with Crippen molar-refractivity contribution in [2.45, 2.75) is 12.5 Å². The van der Waals surface area contributed by atoms with Crippen LogP contribution >= 0.6 is 0 Å². The zero-order chi connectivity index (χ0) is 8.72. The normalized spacial score (nSPS) is 21.1. The Kier molecular flexibility index (Phi) is 1.41. The molecule has 0 saturated heterocycles. The summed E-state index contributed by atoms with van der Waals surface area (Å²) in [4.78, 5) is 11.2. The highest BCUT2D eigenvalue weighted by molar-refractivity contribution is 6.01. The first kappa shape index (κ1) is 7.31. The number of hydrogen-bond donors (Lipinski definition) is 2. The Morgan fingerprint density at radius 1 is 1.50 bits per heavy atom. The van der Waals surface area contributed by atoms with Crippen LogP contribution in [0, 0.1) is 0 Å². The van der Waals surface area contributed by atoms with E-state index in [2.05, 4.69) is 0 Å². The quantitative estimate of drug-likeness (QED) is 0.599. The van der Waals surface area contributed by atoms with E-state index in [-0.39, 0.29) is 17.6 Å². The molecule has 3 heteroatoms. The van der Waals surface area contributed by atoms with E-state index in [0.29, 0.717) is 12.0 Å². The molecular formula is C9H9NO2. The minimum atomic E-state index is -0.236. The fourth-order valence-corrected chi connectivity index (χ4v) is 1.53. The first-order valence-corrected chi connectivity index (χ1v) is 3.80. The third-order valence-electron chi connectivity index (χ3n) is 2.14. The Morgan fingerprint density at radius 2 is 2.25 bits per heavy atom. The molecule has 0 spiro atoms. The van der Waals surface area contributed by atoms with Crippen LogP contribution in [0.5, 0.6) is 5.75 Å². The van der Waals surface area contributed by atoms with Crippen molar-refractivity contribution >= 4 is 5.78 Å². The predicted octanol–water partition coefficient (Wildman–Crippen LogP) is 0.978. The van der Waals surface area contributed by atoms with E-state index in [0.717, 1.165) is 5.56 Å². The number of carbonyl (C=O) groups excluding carboxylic acids is 1. The van der Waals surface area contributed by atoms with Crippen LogP contribution in [0.1, 0.15) is 28.4 Å². The summed E-state index contributed by atoms with van der Waals surface area (Å²) in [5.41, 5.74) is 7.09. The molecule has 2 rings (SSSR count). The minimum absolute atomic E-state index is 0.0671. The summed E-state index contributed by atoms with van der Waals surface area (Å²) < 4.78 is 0. The average molecular weight is 163 g/mol. The molecule has 0 unspecified atom stereocenters. The fraction of sp³-hybridized carbons (Fsp3) is 0.222. The lowest BCUT2D eigenvalue weighted by atomic mass is 10.1. The molecule has 0 fully saturated rings. The van der Waals surface area contributed by atoms with Gasteiger partial charge in [-0.1, -0.05) is 0 Å². The van der Waals surface area contributed by atoms with Crippen LogP contribution in [0.2, 0.25) is 0 Å². The number of hydrogen-bond acceptors (Lipinski definition) is 3. The molecule has 0 aliphatic heterocycles. The number of carbonyl (C=O) groups is 1. The van der Waals surface area contributed by atoms with Crippen molar-refractivity contribution in [1.82, 2.24) is 0 Å². The largest absolute Gasteiger partial charge is 0.508 e. The highest BCUT2D eigenvalue weighted by atomic mass is 16.3. The second-order valence-corrected chi connectivity index (χ2v) is 3.01. The number of nitrogens with two attached hydrogens (primary N) is 1. The third-order valence-corrected chi connectivity index (χ3v) is 2.14. The molecule has 1 aromatic rings. The number of aromatic hydroxyl groups is 1. The number of phenolic OH excluding ortho intramolecular Hbond substituents is 1. The molecule has 3 N–H and O–H groups in total. The fourth-order valence-electron chi connectivity index (χ4n) is 1.53.